The van der Waals surface area contributed by atoms with E-state index in [1.54, 1.807) is 7.11 Å². The summed E-state index contributed by atoms with van der Waals surface area (Å²) in [4.78, 5) is 10.5. The quantitative estimate of drug-likeness (QED) is 0.824. The van der Waals surface area contributed by atoms with Gasteiger partial charge in [-0.15, -0.1) is 0 Å². The summed E-state index contributed by atoms with van der Waals surface area (Å²) < 4.78 is 5.36. The standard InChI is InChI=1S/C14H20O3/c1-10(2)14-11(7-5-9-13(15)16)6-4-8-12(14)17-3/h4,6,8,10H,5,7,9H2,1-3H3,(H,15,16). The van der Waals surface area contributed by atoms with Gasteiger partial charge in [-0.3, -0.25) is 4.79 Å². The van der Waals surface area contributed by atoms with Crippen LogP contribution in [-0.4, -0.2) is 18.2 Å². The maximum atomic E-state index is 10.5. The molecule has 0 atom stereocenters. The van der Waals surface area contributed by atoms with E-state index in [2.05, 4.69) is 19.9 Å². The highest BCUT2D eigenvalue weighted by molar-refractivity contribution is 5.66. The molecule has 17 heavy (non-hydrogen) atoms. The molecular weight excluding hydrogens is 216 g/mol. The Hall–Kier alpha value is -1.51. The number of carboxylic acids is 1. The van der Waals surface area contributed by atoms with Gasteiger partial charge in [-0.05, 0) is 36.0 Å². The highest BCUT2D eigenvalue weighted by Crippen LogP contribution is 2.30. The van der Waals surface area contributed by atoms with E-state index in [1.807, 2.05) is 12.1 Å². The first-order valence-corrected chi connectivity index (χ1v) is 5.93. The minimum atomic E-state index is -0.737. The molecule has 94 valence electrons. The summed E-state index contributed by atoms with van der Waals surface area (Å²) in [6.45, 7) is 4.25. The van der Waals surface area contributed by atoms with Gasteiger partial charge in [-0.1, -0.05) is 26.0 Å². The minimum absolute atomic E-state index is 0.217. The van der Waals surface area contributed by atoms with Crippen LogP contribution < -0.4 is 4.74 Å². The van der Waals surface area contributed by atoms with E-state index in [1.165, 1.54) is 11.1 Å². The highest BCUT2D eigenvalue weighted by Gasteiger charge is 2.12. The van der Waals surface area contributed by atoms with Gasteiger partial charge in [0.25, 0.3) is 0 Å². The topological polar surface area (TPSA) is 46.5 Å². The smallest absolute Gasteiger partial charge is 0.303 e. The molecule has 3 nitrogen and oxygen atoms in total. The zero-order valence-corrected chi connectivity index (χ0v) is 10.7. The van der Waals surface area contributed by atoms with Gasteiger partial charge in [0, 0.05) is 6.42 Å². The Balaban J connectivity index is 2.86. The molecule has 3 heteroatoms. The van der Waals surface area contributed by atoms with Crippen LogP contribution in [0, 0.1) is 0 Å². The molecule has 0 bridgehead atoms. The molecule has 1 rings (SSSR count). The normalized spacial score (nSPS) is 10.6. The van der Waals surface area contributed by atoms with Crippen LogP contribution in [-0.2, 0) is 11.2 Å². The van der Waals surface area contributed by atoms with Crippen molar-refractivity contribution in [1.82, 2.24) is 0 Å². The lowest BCUT2D eigenvalue weighted by atomic mass is 9.93. The third-order valence-electron chi connectivity index (χ3n) is 2.79. The first-order valence-electron chi connectivity index (χ1n) is 5.93. The first-order chi connectivity index (χ1) is 8.06. The monoisotopic (exact) mass is 236 g/mol. The molecule has 0 aliphatic rings. The molecule has 0 spiro atoms. The van der Waals surface area contributed by atoms with Crippen LogP contribution in [0.2, 0.25) is 0 Å². The predicted molar refractivity (Wildman–Crippen MR) is 67.7 cm³/mol. The molecule has 0 amide bonds. The molecule has 0 heterocycles. The molecule has 1 aromatic carbocycles. The van der Waals surface area contributed by atoms with Crippen LogP contribution in [0.1, 0.15) is 43.7 Å². The van der Waals surface area contributed by atoms with Crippen molar-refractivity contribution in [1.29, 1.82) is 0 Å². The molecule has 1 aromatic rings. The Morgan fingerprint density at radius 1 is 1.41 bits per heavy atom. The van der Waals surface area contributed by atoms with Crippen LogP contribution in [0.25, 0.3) is 0 Å². The fourth-order valence-electron chi connectivity index (χ4n) is 2.07. The van der Waals surface area contributed by atoms with E-state index in [9.17, 15) is 4.79 Å². The largest absolute Gasteiger partial charge is 0.496 e. The third kappa shape index (κ3) is 3.77. The number of aliphatic carboxylic acids is 1. The van der Waals surface area contributed by atoms with Crippen LogP contribution in [0.3, 0.4) is 0 Å². The van der Waals surface area contributed by atoms with E-state index in [4.69, 9.17) is 9.84 Å². The Morgan fingerprint density at radius 3 is 2.65 bits per heavy atom. The predicted octanol–water partition coefficient (Wildman–Crippen LogP) is 3.23. The fraction of sp³-hybridized carbons (Fsp3) is 0.500. The Kier molecular flexibility index (Phi) is 5.01. The second-order valence-electron chi connectivity index (χ2n) is 4.44. The SMILES string of the molecule is COc1cccc(CCCC(=O)O)c1C(C)C. The average Bonchev–Trinajstić information content (AvgIpc) is 2.27. The number of benzene rings is 1. The van der Waals surface area contributed by atoms with Gasteiger partial charge in [-0.25, -0.2) is 0 Å². The van der Waals surface area contributed by atoms with Gasteiger partial charge in [-0.2, -0.15) is 0 Å². The molecule has 0 saturated carbocycles. The van der Waals surface area contributed by atoms with Crippen molar-refractivity contribution in [2.45, 2.75) is 39.0 Å². The number of hydrogen-bond donors (Lipinski definition) is 1. The van der Waals surface area contributed by atoms with Gasteiger partial charge >= 0.3 is 5.97 Å². The number of rotatable bonds is 6. The summed E-state index contributed by atoms with van der Waals surface area (Å²) in [6, 6.07) is 5.97. The van der Waals surface area contributed by atoms with Crippen molar-refractivity contribution in [3.63, 3.8) is 0 Å². The van der Waals surface area contributed by atoms with Crippen LogP contribution >= 0.6 is 0 Å². The van der Waals surface area contributed by atoms with E-state index in [0.29, 0.717) is 12.3 Å². The van der Waals surface area contributed by atoms with Crippen molar-refractivity contribution in [2.75, 3.05) is 7.11 Å². The van der Waals surface area contributed by atoms with Crippen molar-refractivity contribution in [3.05, 3.63) is 29.3 Å². The molecule has 0 unspecified atom stereocenters. The lowest BCUT2D eigenvalue weighted by Gasteiger charge is -2.16. The Bertz CT molecular complexity index is 383. The van der Waals surface area contributed by atoms with Gasteiger partial charge in [0.05, 0.1) is 7.11 Å². The second-order valence-corrected chi connectivity index (χ2v) is 4.44. The number of hydrogen-bond acceptors (Lipinski definition) is 2. The number of methoxy groups -OCH3 is 1. The summed E-state index contributed by atoms with van der Waals surface area (Å²) in [5, 5.41) is 8.65. The molecule has 0 aromatic heterocycles. The first kappa shape index (κ1) is 13.6. The van der Waals surface area contributed by atoms with Crippen LogP contribution in [0.5, 0.6) is 5.75 Å². The summed E-state index contributed by atoms with van der Waals surface area (Å²) in [6.07, 6.45) is 1.67. The zero-order valence-electron chi connectivity index (χ0n) is 10.7. The minimum Gasteiger partial charge on any atom is -0.496 e. The van der Waals surface area contributed by atoms with E-state index in [-0.39, 0.29) is 6.42 Å². The van der Waals surface area contributed by atoms with Gasteiger partial charge in [0.15, 0.2) is 0 Å². The number of carboxylic acid groups (broad SMARTS) is 1. The molecular formula is C14H20O3. The molecule has 0 aliphatic carbocycles. The Labute approximate surface area is 102 Å². The molecule has 0 saturated heterocycles. The zero-order chi connectivity index (χ0) is 12.8. The maximum absolute atomic E-state index is 10.5. The maximum Gasteiger partial charge on any atom is 0.303 e. The molecule has 1 N–H and O–H groups in total. The fourth-order valence-corrected chi connectivity index (χ4v) is 2.07. The highest BCUT2D eigenvalue weighted by atomic mass is 16.5. The van der Waals surface area contributed by atoms with Crippen molar-refractivity contribution in [2.24, 2.45) is 0 Å². The number of carbonyl (C=O) groups is 1. The summed E-state index contributed by atoms with van der Waals surface area (Å²) in [5.41, 5.74) is 2.39. The van der Waals surface area contributed by atoms with Crippen LogP contribution in [0.15, 0.2) is 18.2 Å². The summed E-state index contributed by atoms with van der Waals surface area (Å²) in [5.74, 6) is 0.540. The Morgan fingerprint density at radius 2 is 2.12 bits per heavy atom. The van der Waals surface area contributed by atoms with Crippen molar-refractivity contribution < 1.29 is 14.6 Å². The summed E-state index contributed by atoms with van der Waals surface area (Å²) >= 11 is 0. The molecule has 0 aliphatic heterocycles. The van der Waals surface area contributed by atoms with Crippen molar-refractivity contribution >= 4 is 5.97 Å². The average molecular weight is 236 g/mol. The van der Waals surface area contributed by atoms with E-state index >= 15 is 0 Å². The van der Waals surface area contributed by atoms with Gasteiger partial charge in [0.1, 0.15) is 5.75 Å². The molecule has 0 fully saturated rings. The number of ether oxygens (including phenoxy) is 1. The van der Waals surface area contributed by atoms with Crippen LogP contribution in [0.4, 0.5) is 0 Å². The summed E-state index contributed by atoms with van der Waals surface area (Å²) in [7, 11) is 1.67. The van der Waals surface area contributed by atoms with Crippen molar-refractivity contribution in [3.8, 4) is 5.75 Å². The lowest BCUT2D eigenvalue weighted by molar-refractivity contribution is -0.137. The van der Waals surface area contributed by atoms with E-state index < -0.39 is 5.97 Å². The third-order valence-corrected chi connectivity index (χ3v) is 2.79. The van der Waals surface area contributed by atoms with Gasteiger partial charge < -0.3 is 9.84 Å². The lowest BCUT2D eigenvalue weighted by Crippen LogP contribution is -2.02. The second kappa shape index (κ2) is 6.28. The number of aryl methyl sites for hydroxylation is 1. The van der Waals surface area contributed by atoms with E-state index in [0.717, 1.165) is 12.2 Å². The van der Waals surface area contributed by atoms with Gasteiger partial charge in [0.2, 0.25) is 0 Å². The molecule has 0 radical (unpaired) electrons.